The van der Waals surface area contributed by atoms with Gasteiger partial charge in [0.2, 0.25) is 47.3 Å². The Morgan fingerprint density at radius 3 is 1.50 bits per heavy atom. The highest BCUT2D eigenvalue weighted by molar-refractivity contribution is 5.98. The summed E-state index contributed by atoms with van der Waals surface area (Å²) in [5.41, 5.74) is 3.85. The van der Waals surface area contributed by atoms with Gasteiger partial charge < -0.3 is 65.5 Å². The first-order valence-corrected chi connectivity index (χ1v) is 39.6. The third kappa shape index (κ3) is 21.3. The van der Waals surface area contributed by atoms with E-state index >= 15 is 28.8 Å². The fourth-order valence-electron chi connectivity index (χ4n) is 15.3. The first-order valence-electron chi connectivity index (χ1n) is 39.6. The van der Waals surface area contributed by atoms with E-state index in [-0.39, 0.29) is 119 Å². The maximum Gasteiger partial charge on any atom is 0.246 e. The number of carbonyl (C=O) groups is 10. The average Bonchev–Trinajstić information content (AvgIpc) is 1.65. The number of ketones is 2. The Morgan fingerprint density at radius 1 is 0.527 bits per heavy atom. The van der Waals surface area contributed by atoms with E-state index in [0.717, 1.165) is 16.7 Å². The van der Waals surface area contributed by atoms with Crippen molar-refractivity contribution in [2.45, 2.75) is 174 Å². The normalized spacial score (nSPS) is 23.4. The molecule has 2 aromatic heterocycles. The summed E-state index contributed by atoms with van der Waals surface area (Å²) in [6.07, 6.45) is 4.04. The summed E-state index contributed by atoms with van der Waals surface area (Å²) in [5, 5.41) is 33.1. The second kappa shape index (κ2) is 38.3. The van der Waals surface area contributed by atoms with E-state index in [2.05, 4.69) is 57.0 Å². The Balaban J connectivity index is 0.934. The van der Waals surface area contributed by atoms with E-state index in [9.17, 15) is 19.2 Å². The Kier molecular flexibility index (Phi) is 28.3. The number of amides is 8. The number of carbonyl (C=O) groups excluding carboxylic acids is 10. The smallest absolute Gasteiger partial charge is 0.246 e. The lowest BCUT2D eigenvalue weighted by atomic mass is 9.89. The minimum atomic E-state index is -1.16. The van der Waals surface area contributed by atoms with Gasteiger partial charge in [0.05, 0.1) is 42.6 Å². The Morgan fingerprint density at radius 2 is 1.00 bits per heavy atom. The van der Waals surface area contributed by atoms with Gasteiger partial charge in [0, 0.05) is 109 Å². The summed E-state index contributed by atoms with van der Waals surface area (Å²) < 4.78 is 15.9. The molecule has 12 bridgehead atoms. The number of Topliss-reactive ketones (excluding diaryl/α,β-unsaturated/α-hetero) is 2. The molecule has 4 saturated heterocycles. The van der Waals surface area contributed by atoms with E-state index in [0.29, 0.717) is 87.2 Å². The standard InChI is InChI=1S/C83H111N17O12/c1-11-54(6)76(103)87-74(52(2)3)82(109)97-48-64-44-70(97)73(102)42-60(38-56-18-14-12-15-19-56)78(105)86-69(81(108)96-36-32-94(10)33-37-96)41-59-24-28-67(29-25-59)112-51-63-47-100(92-90-63)65-45-71(98(49-65)83(110)75(53(4)5)88-77(104)55(7)84-8)79(106)85-68(40-57-20-16-13-17-21-57)72(101)43-61(80(107)95-34-30-93(9)31-35-95)39-58-22-26-66(27-23-58)111-50-62-46-99(64)91-89-62/h12-29,46-47,52-55,60-61,64-65,68-71,74-75,84H,11,30-45,48-51H2,1-10H3,(H,85,106)(H,86,105)(H,87,103)(H,88,104)/t54-,55+,60-,61-,64+,65+,68+,69+,70+,71+,74+,75+/m1/s1. The van der Waals surface area contributed by atoms with Gasteiger partial charge in [-0.25, -0.2) is 9.36 Å². The summed E-state index contributed by atoms with van der Waals surface area (Å²) in [6.45, 7) is 16.9. The molecule has 0 radical (unpaired) electrons. The number of ether oxygens (including phenoxy) is 2. The van der Waals surface area contributed by atoms with Crippen LogP contribution in [0.1, 0.15) is 126 Å². The first-order chi connectivity index (χ1) is 53.8. The predicted molar refractivity (Wildman–Crippen MR) is 417 cm³/mol. The van der Waals surface area contributed by atoms with Crippen molar-refractivity contribution in [2.24, 2.45) is 29.6 Å². The molecule has 14 rings (SSSR count). The van der Waals surface area contributed by atoms with Crippen molar-refractivity contribution in [3.63, 3.8) is 0 Å². The molecule has 600 valence electrons. The Labute approximate surface area is 656 Å². The maximum absolute atomic E-state index is 15.5. The minimum Gasteiger partial charge on any atom is -0.487 e. The molecule has 5 N–H and O–H groups in total. The molecule has 112 heavy (non-hydrogen) atoms. The number of nitrogens with zero attached hydrogens (tertiary/aromatic N) is 12. The van der Waals surface area contributed by atoms with Crippen molar-refractivity contribution in [2.75, 3.05) is 86.6 Å². The quantitative estimate of drug-likeness (QED) is 0.0906. The van der Waals surface area contributed by atoms with Gasteiger partial charge in [-0.3, -0.25) is 47.9 Å². The highest BCUT2D eigenvalue weighted by Gasteiger charge is 2.48. The first kappa shape index (κ1) is 82.7. The molecular formula is C83H111N17O12. The van der Waals surface area contributed by atoms with Crippen LogP contribution in [0.5, 0.6) is 11.5 Å². The number of piperazine rings is 2. The molecule has 6 aromatic rings. The summed E-state index contributed by atoms with van der Waals surface area (Å²) in [5.74, 6) is -6.09. The van der Waals surface area contributed by atoms with E-state index < -0.39 is 102 Å². The summed E-state index contributed by atoms with van der Waals surface area (Å²) in [6, 6.07) is 24.7. The topological polar surface area (TPSA) is 330 Å². The van der Waals surface area contributed by atoms with Gasteiger partial charge in [0.1, 0.15) is 60.3 Å². The van der Waals surface area contributed by atoms with Crippen molar-refractivity contribution in [3.8, 4) is 11.5 Å². The minimum absolute atomic E-state index is 0.0138. The number of hydrogen-bond acceptors (Lipinski definition) is 19. The molecule has 29 heteroatoms. The van der Waals surface area contributed by atoms with E-state index in [1.165, 1.54) is 9.80 Å². The number of likely N-dealkylation sites (tertiary alicyclic amines) is 2. The van der Waals surface area contributed by atoms with E-state index in [1.54, 1.807) is 76.7 Å². The van der Waals surface area contributed by atoms with Crippen LogP contribution in [-0.4, -0.2) is 247 Å². The second-order valence-electron chi connectivity index (χ2n) is 31.7. The van der Waals surface area contributed by atoms with Crippen LogP contribution in [0.3, 0.4) is 0 Å². The average molecular weight is 1540 g/mol. The van der Waals surface area contributed by atoms with Gasteiger partial charge in [0.25, 0.3) is 0 Å². The van der Waals surface area contributed by atoms with Crippen LogP contribution in [0.4, 0.5) is 0 Å². The van der Waals surface area contributed by atoms with Crippen LogP contribution in [0.2, 0.25) is 0 Å². The molecule has 4 aromatic carbocycles. The fourth-order valence-corrected chi connectivity index (χ4v) is 15.3. The number of rotatable bonds is 16. The van der Waals surface area contributed by atoms with Gasteiger partial charge in [-0.1, -0.05) is 137 Å². The molecule has 0 aliphatic carbocycles. The number of likely N-dealkylation sites (N-methyl/N-ethyl adjacent to an activating group) is 3. The molecule has 8 amide bonds. The Hall–Kier alpha value is -10.3. The van der Waals surface area contributed by atoms with E-state index in [4.69, 9.17) is 9.47 Å². The number of hydrogen-bond donors (Lipinski definition) is 5. The zero-order valence-corrected chi connectivity index (χ0v) is 66.2. The molecule has 10 heterocycles. The fraction of sp³-hybridized carbons (Fsp3) is 0.542. The molecule has 8 aliphatic rings. The zero-order chi connectivity index (χ0) is 79.9. The van der Waals surface area contributed by atoms with Gasteiger partial charge >= 0.3 is 0 Å². The van der Waals surface area contributed by atoms with Crippen molar-refractivity contribution in [3.05, 3.63) is 155 Å². The lowest BCUT2D eigenvalue weighted by Crippen LogP contribution is -2.58. The van der Waals surface area contributed by atoms with Gasteiger partial charge in [-0.15, -0.1) is 10.2 Å². The molecule has 8 aliphatic heterocycles. The lowest BCUT2D eigenvalue weighted by Gasteiger charge is -2.35. The third-order valence-electron chi connectivity index (χ3n) is 22.7. The Bertz CT molecular complexity index is 3950. The third-order valence-corrected chi connectivity index (χ3v) is 22.7. The highest BCUT2D eigenvalue weighted by Crippen LogP contribution is 2.34. The maximum atomic E-state index is 15.5. The van der Waals surface area contributed by atoms with Crippen molar-refractivity contribution >= 4 is 58.8 Å². The van der Waals surface area contributed by atoms with Crippen LogP contribution >= 0.6 is 0 Å². The number of aromatic nitrogens is 6. The van der Waals surface area contributed by atoms with Crippen LogP contribution in [-0.2, 0) is 86.8 Å². The number of benzene rings is 4. The van der Waals surface area contributed by atoms with Gasteiger partial charge in [-0.05, 0) is 119 Å². The summed E-state index contributed by atoms with van der Waals surface area (Å²) in [4.78, 5) is 160. The monoisotopic (exact) mass is 1540 g/mol. The molecule has 0 unspecified atom stereocenters. The van der Waals surface area contributed by atoms with Crippen LogP contribution < -0.4 is 36.1 Å². The summed E-state index contributed by atoms with van der Waals surface area (Å²) in [7, 11) is 5.63. The molecular weight excluding hydrogens is 1430 g/mol. The second-order valence-corrected chi connectivity index (χ2v) is 31.7. The SMILES string of the molecule is CC[C@@H](C)C(=O)N[C@H](C(=O)N1C[C@@H]2C[C@H]1C(=O)C[C@@H](Cc1ccccc1)C(=O)N[C@H](C(=O)N1CCN(C)CC1)Cc1ccc(cc1)OCc1cn(nn1)[C@H]1C[C@@H](C(=O)N[C@@H](Cc3ccccc3)C(=O)C[C@H](C(=O)N3CCN(C)CC3)Cc3ccc(cc3)OCc3cn2nn3)N(C(=O)[C@@H](NC(=O)[C@H](C)NC)C(C)C)C1)C(C)C. The van der Waals surface area contributed by atoms with Crippen molar-refractivity contribution in [1.29, 1.82) is 0 Å². The highest BCUT2D eigenvalue weighted by atomic mass is 16.5. The van der Waals surface area contributed by atoms with Gasteiger partial charge in [0.15, 0.2) is 11.6 Å². The van der Waals surface area contributed by atoms with Crippen LogP contribution in [0.15, 0.2) is 122 Å². The molecule has 12 atom stereocenters. The largest absolute Gasteiger partial charge is 0.487 e. The molecule has 29 nitrogen and oxygen atoms in total. The molecule has 0 spiro atoms. The van der Waals surface area contributed by atoms with Crippen molar-refractivity contribution in [1.82, 2.24) is 86.0 Å². The van der Waals surface area contributed by atoms with Gasteiger partial charge in [-0.2, -0.15) is 0 Å². The molecule has 0 saturated carbocycles. The van der Waals surface area contributed by atoms with Crippen LogP contribution in [0.25, 0.3) is 0 Å². The van der Waals surface area contributed by atoms with Crippen LogP contribution in [0, 0.1) is 29.6 Å². The van der Waals surface area contributed by atoms with E-state index in [1.807, 2.05) is 134 Å². The summed E-state index contributed by atoms with van der Waals surface area (Å²) >= 11 is 0. The molecule has 4 fully saturated rings. The zero-order valence-electron chi connectivity index (χ0n) is 66.2. The lowest BCUT2D eigenvalue weighted by molar-refractivity contribution is -0.143. The van der Waals surface area contributed by atoms with Crippen molar-refractivity contribution < 1.29 is 57.4 Å². The number of nitrogens with one attached hydrogen (secondary N) is 5. The predicted octanol–water partition coefficient (Wildman–Crippen LogP) is 4.20.